The van der Waals surface area contributed by atoms with E-state index in [1.807, 2.05) is 6.92 Å². The Hall–Kier alpha value is -1.60. The molecule has 23 heavy (non-hydrogen) atoms. The Labute approximate surface area is 138 Å². The third-order valence-electron chi connectivity index (χ3n) is 4.13. The average molecular weight is 339 g/mol. The fourth-order valence-corrected chi connectivity index (χ4v) is 3.82. The largest absolute Gasteiger partial charge is 0.337 e. The van der Waals surface area contributed by atoms with Crippen molar-refractivity contribution in [1.29, 1.82) is 0 Å². The predicted molar refractivity (Wildman–Crippen MR) is 89.8 cm³/mol. The second kappa shape index (κ2) is 7.79. The van der Waals surface area contributed by atoms with Gasteiger partial charge in [0.2, 0.25) is 10.0 Å². The first-order valence-corrected chi connectivity index (χ1v) is 9.41. The van der Waals surface area contributed by atoms with Gasteiger partial charge in [-0.3, -0.25) is 0 Å². The van der Waals surface area contributed by atoms with Gasteiger partial charge in [0, 0.05) is 26.2 Å². The fourth-order valence-electron chi connectivity index (χ4n) is 2.64. The fraction of sp³-hybridized carbons (Fsp3) is 0.562. The quantitative estimate of drug-likeness (QED) is 0.830. The zero-order valence-electron chi connectivity index (χ0n) is 13.7. The van der Waals surface area contributed by atoms with Gasteiger partial charge < -0.3 is 10.6 Å². The highest BCUT2D eigenvalue weighted by molar-refractivity contribution is 7.89. The summed E-state index contributed by atoms with van der Waals surface area (Å²) in [6.07, 6.45) is 4.36. The molecule has 1 aromatic rings. The molecule has 0 bridgehead atoms. The molecule has 0 saturated heterocycles. The Bertz CT molecular complexity index is 622. The zero-order valence-corrected chi connectivity index (χ0v) is 14.5. The normalized spacial score (nSPS) is 15.8. The van der Waals surface area contributed by atoms with E-state index >= 15 is 0 Å². The summed E-state index contributed by atoms with van der Waals surface area (Å²) < 4.78 is 26.0. The maximum atomic E-state index is 12.4. The number of hydrogen-bond acceptors (Lipinski definition) is 3. The molecule has 2 rings (SSSR count). The first kappa shape index (κ1) is 17.7. The second-order valence-corrected chi connectivity index (χ2v) is 8.07. The van der Waals surface area contributed by atoms with Crippen molar-refractivity contribution >= 4 is 16.1 Å². The highest BCUT2D eigenvalue weighted by atomic mass is 32.2. The molecule has 0 heterocycles. The van der Waals surface area contributed by atoms with Crippen LogP contribution < -0.4 is 10.6 Å². The minimum Gasteiger partial charge on any atom is -0.337 e. The van der Waals surface area contributed by atoms with E-state index < -0.39 is 10.0 Å². The van der Waals surface area contributed by atoms with Gasteiger partial charge in [0.1, 0.15) is 0 Å². The smallest absolute Gasteiger partial charge is 0.315 e. The molecule has 7 heteroatoms. The third-order valence-corrected chi connectivity index (χ3v) is 6.00. The lowest BCUT2D eigenvalue weighted by Gasteiger charge is -2.18. The molecule has 1 aliphatic carbocycles. The van der Waals surface area contributed by atoms with Crippen LogP contribution in [0.1, 0.15) is 31.2 Å². The predicted octanol–water partition coefficient (Wildman–Crippen LogP) is 1.86. The van der Waals surface area contributed by atoms with E-state index in [1.165, 1.54) is 11.4 Å². The highest BCUT2D eigenvalue weighted by Crippen LogP contribution is 2.17. The molecule has 2 N–H and O–H groups in total. The lowest BCUT2D eigenvalue weighted by Crippen LogP contribution is -2.44. The van der Waals surface area contributed by atoms with Gasteiger partial charge in [-0.25, -0.2) is 13.2 Å². The van der Waals surface area contributed by atoms with E-state index in [4.69, 9.17) is 0 Å². The number of sulfonamides is 1. The number of amides is 2. The molecule has 1 aliphatic rings. The summed E-state index contributed by atoms with van der Waals surface area (Å²) in [7, 11) is -1.99. The molecule has 128 valence electrons. The Morgan fingerprint density at radius 1 is 1.22 bits per heavy atom. The van der Waals surface area contributed by atoms with Crippen molar-refractivity contribution in [3.8, 4) is 0 Å². The Balaban J connectivity index is 1.80. The van der Waals surface area contributed by atoms with Crippen LogP contribution >= 0.6 is 0 Å². The summed E-state index contributed by atoms with van der Waals surface area (Å²) in [5, 5.41) is 5.63. The van der Waals surface area contributed by atoms with Gasteiger partial charge in [0.15, 0.2) is 0 Å². The molecule has 6 nitrogen and oxygen atoms in total. The zero-order chi connectivity index (χ0) is 16.9. The number of hydrogen-bond donors (Lipinski definition) is 2. The van der Waals surface area contributed by atoms with Crippen LogP contribution in [0.15, 0.2) is 29.2 Å². The summed E-state index contributed by atoms with van der Waals surface area (Å²) in [6, 6.07) is 6.77. The number of carbonyl (C=O) groups is 1. The van der Waals surface area contributed by atoms with E-state index in [-0.39, 0.29) is 30.1 Å². The SMILES string of the molecule is Cc1ccc(S(=O)(=O)N(C)CCNC(=O)NC2CCCC2)cc1. The Morgan fingerprint density at radius 3 is 2.43 bits per heavy atom. The van der Waals surface area contributed by atoms with Gasteiger partial charge >= 0.3 is 6.03 Å². The maximum Gasteiger partial charge on any atom is 0.315 e. The molecule has 0 radical (unpaired) electrons. The van der Waals surface area contributed by atoms with Crippen molar-refractivity contribution in [2.75, 3.05) is 20.1 Å². The molecular weight excluding hydrogens is 314 g/mol. The van der Waals surface area contributed by atoms with Gasteiger partial charge in [0.25, 0.3) is 0 Å². The number of benzene rings is 1. The van der Waals surface area contributed by atoms with Gasteiger partial charge in [-0.1, -0.05) is 30.5 Å². The number of nitrogens with one attached hydrogen (secondary N) is 2. The lowest BCUT2D eigenvalue weighted by atomic mass is 10.2. The number of aryl methyl sites for hydroxylation is 1. The Kier molecular flexibility index (Phi) is 6.01. The first-order chi connectivity index (χ1) is 10.9. The summed E-state index contributed by atoms with van der Waals surface area (Å²) in [4.78, 5) is 12.0. The highest BCUT2D eigenvalue weighted by Gasteiger charge is 2.21. The molecule has 0 atom stereocenters. The molecule has 2 amide bonds. The molecule has 1 saturated carbocycles. The van der Waals surface area contributed by atoms with Crippen LogP contribution in [-0.4, -0.2) is 44.9 Å². The first-order valence-electron chi connectivity index (χ1n) is 7.97. The molecular formula is C16H25N3O3S. The van der Waals surface area contributed by atoms with Crippen LogP contribution in [0.4, 0.5) is 4.79 Å². The summed E-state index contributed by atoms with van der Waals surface area (Å²) >= 11 is 0. The van der Waals surface area contributed by atoms with Gasteiger partial charge in [-0.2, -0.15) is 4.31 Å². The maximum absolute atomic E-state index is 12.4. The van der Waals surface area contributed by atoms with Crippen LogP contribution in [0.2, 0.25) is 0 Å². The Morgan fingerprint density at radius 2 is 1.83 bits per heavy atom. The summed E-state index contributed by atoms with van der Waals surface area (Å²) in [5.74, 6) is 0. The van der Waals surface area contributed by atoms with Gasteiger partial charge in [-0.15, -0.1) is 0 Å². The minimum absolute atomic E-state index is 0.224. The van der Waals surface area contributed by atoms with Crippen molar-refractivity contribution in [3.05, 3.63) is 29.8 Å². The van der Waals surface area contributed by atoms with Gasteiger partial charge in [-0.05, 0) is 31.9 Å². The van der Waals surface area contributed by atoms with Crippen LogP contribution in [0, 0.1) is 6.92 Å². The minimum atomic E-state index is -3.51. The monoisotopic (exact) mass is 339 g/mol. The van der Waals surface area contributed by atoms with Crippen molar-refractivity contribution in [2.24, 2.45) is 0 Å². The molecule has 0 aromatic heterocycles. The topological polar surface area (TPSA) is 78.5 Å². The van der Waals surface area contributed by atoms with E-state index in [0.29, 0.717) is 0 Å². The summed E-state index contributed by atoms with van der Waals surface area (Å²) in [5.41, 5.74) is 1.01. The molecule has 0 spiro atoms. The van der Waals surface area contributed by atoms with Gasteiger partial charge in [0.05, 0.1) is 4.90 Å². The van der Waals surface area contributed by atoms with Crippen LogP contribution in [0.5, 0.6) is 0 Å². The van der Waals surface area contributed by atoms with E-state index in [9.17, 15) is 13.2 Å². The number of rotatable bonds is 6. The number of urea groups is 1. The third kappa shape index (κ3) is 4.94. The standard InChI is InChI=1S/C16H25N3O3S/c1-13-7-9-15(10-8-13)23(21,22)19(2)12-11-17-16(20)18-14-5-3-4-6-14/h7-10,14H,3-6,11-12H2,1-2H3,(H2,17,18,20). The summed E-state index contributed by atoms with van der Waals surface area (Å²) in [6.45, 7) is 2.42. The van der Waals surface area contributed by atoms with Crippen LogP contribution in [-0.2, 0) is 10.0 Å². The van der Waals surface area contributed by atoms with Crippen LogP contribution in [0.3, 0.4) is 0 Å². The second-order valence-electron chi connectivity index (χ2n) is 6.02. The van der Waals surface area contributed by atoms with Crippen molar-refractivity contribution in [2.45, 2.75) is 43.5 Å². The van der Waals surface area contributed by atoms with E-state index in [1.54, 1.807) is 24.3 Å². The number of carbonyl (C=O) groups excluding carboxylic acids is 1. The van der Waals surface area contributed by atoms with Crippen molar-refractivity contribution < 1.29 is 13.2 Å². The van der Waals surface area contributed by atoms with Crippen molar-refractivity contribution in [3.63, 3.8) is 0 Å². The molecule has 0 unspecified atom stereocenters. The van der Waals surface area contributed by atoms with E-state index in [2.05, 4.69) is 10.6 Å². The average Bonchev–Trinajstić information content (AvgIpc) is 3.00. The number of nitrogens with zero attached hydrogens (tertiary/aromatic N) is 1. The molecule has 1 fully saturated rings. The van der Waals surface area contributed by atoms with Crippen LogP contribution in [0.25, 0.3) is 0 Å². The molecule has 1 aromatic carbocycles. The molecule has 0 aliphatic heterocycles. The number of likely N-dealkylation sites (N-methyl/N-ethyl adjacent to an activating group) is 1. The van der Waals surface area contributed by atoms with Crippen molar-refractivity contribution in [1.82, 2.24) is 14.9 Å². The van der Waals surface area contributed by atoms with E-state index in [0.717, 1.165) is 31.2 Å². The lowest BCUT2D eigenvalue weighted by molar-refractivity contribution is 0.236.